The van der Waals surface area contributed by atoms with E-state index in [4.69, 9.17) is 16.3 Å². The van der Waals surface area contributed by atoms with Crippen molar-refractivity contribution in [3.63, 3.8) is 0 Å². The van der Waals surface area contributed by atoms with Crippen LogP contribution in [0.4, 0.5) is 0 Å². The summed E-state index contributed by atoms with van der Waals surface area (Å²) in [5.41, 5.74) is 7.58. The molecule has 29 heavy (non-hydrogen) atoms. The minimum atomic E-state index is -0.160. The normalized spacial score (nSPS) is 10.9. The molecule has 1 N–H and O–H groups in total. The zero-order chi connectivity index (χ0) is 20.6. The van der Waals surface area contributed by atoms with Crippen molar-refractivity contribution < 1.29 is 9.53 Å². The van der Waals surface area contributed by atoms with Crippen LogP contribution in [-0.2, 0) is 17.8 Å². The molecule has 0 aliphatic heterocycles. The second kappa shape index (κ2) is 9.89. The average molecular weight is 407 g/mol. The number of carbonyl (C=O) groups excluding carboxylic acids is 1. The molecule has 3 rings (SSSR count). The third kappa shape index (κ3) is 6.19. The number of nitrogens with one attached hydrogen (secondary N) is 1. The monoisotopic (exact) mass is 406 g/mol. The van der Waals surface area contributed by atoms with Crippen molar-refractivity contribution in [2.24, 2.45) is 5.10 Å². The first-order chi connectivity index (χ1) is 14.0. The fourth-order valence-electron chi connectivity index (χ4n) is 2.88. The van der Waals surface area contributed by atoms with Crippen LogP contribution in [0, 0.1) is 13.8 Å². The number of rotatable bonds is 7. The average Bonchev–Trinajstić information content (AvgIpc) is 2.70. The number of nitrogens with zero attached hydrogens (tertiary/aromatic N) is 1. The van der Waals surface area contributed by atoms with Crippen molar-refractivity contribution in [3.05, 3.63) is 99.6 Å². The summed E-state index contributed by atoms with van der Waals surface area (Å²) in [6.07, 6.45) is 1.88. The molecule has 3 aromatic carbocycles. The standard InChI is InChI=1S/C24H23ClN2O2/c1-17-10-11-18(2)21(12-17)14-24(28)27-26-15-20-7-3-4-9-23(20)29-16-19-6-5-8-22(25)13-19/h3-13,15H,14,16H2,1-2H3,(H,27,28)/b26-15+. The van der Waals surface area contributed by atoms with E-state index < -0.39 is 0 Å². The molecule has 0 aliphatic carbocycles. The lowest BCUT2D eigenvalue weighted by Gasteiger charge is -2.09. The SMILES string of the molecule is Cc1ccc(C)c(CC(=O)N/N=C/c2ccccc2OCc2cccc(Cl)c2)c1. The van der Waals surface area contributed by atoms with Gasteiger partial charge in [-0.3, -0.25) is 4.79 Å². The predicted molar refractivity (Wildman–Crippen MR) is 118 cm³/mol. The Balaban J connectivity index is 1.60. The molecule has 3 aromatic rings. The van der Waals surface area contributed by atoms with Crippen LogP contribution in [0.15, 0.2) is 71.8 Å². The Morgan fingerprint density at radius 2 is 1.90 bits per heavy atom. The van der Waals surface area contributed by atoms with Gasteiger partial charge in [0.2, 0.25) is 5.91 Å². The second-order valence-corrected chi connectivity index (χ2v) is 7.29. The number of amides is 1. The quantitative estimate of drug-likeness (QED) is 0.431. The molecule has 0 atom stereocenters. The maximum Gasteiger partial charge on any atom is 0.244 e. The maximum atomic E-state index is 12.2. The summed E-state index contributed by atoms with van der Waals surface area (Å²) < 4.78 is 5.90. The van der Waals surface area contributed by atoms with Crippen molar-refractivity contribution in [3.8, 4) is 5.75 Å². The van der Waals surface area contributed by atoms with Crippen LogP contribution >= 0.6 is 11.6 Å². The van der Waals surface area contributed by atoms with E-state index in [1.54, 1.807) is 6.21 Å². The fraction of sp³-hybridized carbons (Fsp3) is 0.167. The van der Waals surface area contributed by atoms with Gasteiger partial charge in [-0.15, -0.1) is 0 Å². The van der Waals surface area contributed by atoms with Crippen LogP contribution in [0.2, 0.25) is 5.02 Å². The van der Waals surface area contributed by atoms with Gasteiger partial charge < -0.3 is 4.74 Å². The highest BCUT2D eigenvalue weighted by Crippen LogP contribution is 2.19. The summed E-state index contributed by atoms with van der Waals surface area (Å²) in [5, 5.41) is 4.77. The van der Waals surface area contributed by atoms with Crippen molar-refractivity contribution in [2.75, 3.05) is 0 Å². The Labute approximate surface area is 176 Å². The highest BCUT2D eigenvalue weighted by molar-refractivity contribution is 6.30. The number of ether oxygens (including phenoxy) is 1. The summed E-state index contributed by atoms with van der Waals surface area (Å²) in [6, 6.07) is 21.2. The number of halogens is 1. The molecule has 4 nitrogen and oxygen atoms in total. The Morgan fingerprint density at radius 1 is 1.07 bits per heavy atom. The van der Waals surface area contributed by atoms with Crippen LogP contribution in [0.3, 0.4) is 0 Å². The van der Waals surface area contributed by atoms with Crippen LogP contribution in [0.5, 0.6) is 5.75 Å². The lowest BCUT2D eigenvalue weighted by molar-refractivity contribution is -0.120. The molecule has 0 heterocycles. The van der Waals surface area contributed by atoms with E-state index >= 15 is 0 Å². The van der Waals surface area contributed by atoms with Gasteiger partial charge in [-0.25, -0.2) is 5.43 Å². The lowest BCUT2D eigenvalue weighted by Crippen LogP contribution is -2.20. The molecule has 0 fully saturated rings. The number of hydrazone groups is 1. The minimum Gasteiger partial charge on any atom is -0.488 e. The van der Waals surface area contributed by atoms with E-state index in [0.29, 0.717) is 17.4 Å². The van der Waals surface area contributed by atoms with Gasteiger partial charge >= 0.3 is 0 Å². The number of hydrogen-bond donors (Lipinski definition) is 1. The van der Waals surface area contributed by atoms with Gasteiger partial charge in [-0.1, -0.05) is 59.6 Å². The largest absolute Gasteiger partial charge is 0.488 e. The van der Waals surface area contributed by atoms with Gasteiger partial charge in [0.05, 0.1) is 12.6 Å². The van der Waals surface area contributed by atoms with Crippen LogP contribution < -0.4 is 10.2 Å². The Bertz CT molecular complexity index is 1030. The Kier molecular flexibility index (Phi) is 7.04. The van der Waals surface area contributed by atoms with Crippen LogP contribution in [-0.4, -0.2) is 12.1 Å². The van der Waals surface area contributed by atoms with Gasteiger partial charge in [-0.05, 0) is 54.8 Å². The van der Waals surface area contributed by atoms with Gasteiger partial charge in [0.15, 0.2) is 0 Å². The topological polar surface area (TPSA) is 50.7 Å². The van der Waals surface area contributed by atoms with Crippen LogP contribution in [0.1, 0.15) is 27.8 Å². The first-order valence-electron chi connectivity index (χ1n) is 9.35. The van der Waals surface area contributed by atoms with E-state index in [9.17, 15) is 4.79 Å². The van der Waals surface area contributed by atoms with E-state index in [0.717, 1.165) is 27.8 Å². The molecule has 0 spiro atoms. The van der Waals surface area contributed by atoms with E-state index in [1.165, 1.54) is 0 Å². The van der Waals surface area contributed by atoms with Gasteiger partial charge in [-0.2, -0.15) is 5.10 Å². The van der Waals surface area contributed by atoms with Crippen LogP contribution in [0.25, 0.3) is 0 Å². The number of benzene rings is 3. The van der Waals surface area contributed by atoms with Crippen molar-refractivity contribution in [1.82, 2.24) is 5.43 Å². The summed E-state index contributed by atoms with van der Waals surface area (Å²) in [5.74, 6) is 0.521. The zero-order valence-electron chi connectivity index (χ0n) is 16.5. The third-order valence-electron chi connectivity index (χ3n) is 4.45. The molecule has 1 amide bonds. The van der Waals surface area contributed by atoms with Crippen molar-refractivity contribution in [1.29, 1.82) is 0 Å². The summed E-state index contributed by atoms with van der Waals surface area (Å²) in [4.78, 5) is 12.2. The zero-order valence-corrected chi connectivity index (χ0v) is 17.2. The second-order valence-electron chi connectivity index (χ2n) is 6.86. The fourth-order valence-corrected chi connectivity index (χ4v) is 3.10. The molecule has 0 saturated carbocycles. The van der Waals surface area contributed by atoms with E-state index in [2.05, 4.69) is 10.5 Å². The minimum absolute atomic E-state index is 0.160. The van der Waals surface area contributed by atoms with E-state index in [-0.39, 0.29) is 12.3 Å². The summed E-state index contributed by atoms with van der Waals surface area (Å²) in [7, 11) is 0. The molecule has 5 heteroatoms. The van der Waals surface area contributed by atoms with Crippen molar-refractivity contribution >= 4 is 23.7 Å². The molecule has 0 radical (unpaired) electrons. The maximum absolute atomic E-state index is 12.2. The smallest absolute Gasteiger partial charge is 0.244 e. The molecule has 0 aliphatic rings. The lowest BCUT2D eigenvalue weighted by atomic mass is 10.0. The first kappa shape index (κ1) is 20.6. The highest BCUT2D eigenvalue weighted by atomic mass is 35.5. The van der Waals surface area contributed by atoms with E-state index in [1.807, 2.05) is 80.6 Å². The number of para-hydroxylation sites is 1. The van der Waals surface area contributed by atoms with Crippen molar-refractivity contribution in [2.45, 2.75) is 26.9 Å². The number of carbonyl (C=O) groups is 1. The van der Waals surface area contributed by atoms with Gasteiger partial charge in [0.1, 0.15) is 12.4 Å². The Hall–Kier alpha value is -3.11. The molecule has 148 valence electrons. The molecular weight excluding hydrogens is 384 g/mol. The molecular formula is C24H23ClN2O2. The molecule has 0 aromatic heterocycles. The number of hydrogen-bond acceptors (Lipinski definition) is 3. The number of aryl methyl sites for hydroxylation is 2. The molecule has 0 unspecified atom stereocenters. The predicted octanol–water partition coefficient (Wildman–Crippen LogP) is 5.23. The molecule has 0 saturated heterocycles. The summed E-state index contributed by atoms with van der Waals surface area (Å²) in [6.45, 7) is 4.41. The third-order valence-corrected chi connectivity index (χ3v) is 4.69. The van der Waals surface area contributed by atoms with Gasteiger partial charge in [0.25, 0.3) is 0 Å². The first-order valence-corrected chi connectivity index (χ1v) is 9.73. The summed E-state index contributed by atoms with van der Waals surface area (Å²) >= 11 is 6.02. The Morgan fingerprint density at radius 3 is 2.72 bits per heavy atom. The molecule has 0 bridgehead atoms. The highest BCUT2D eigenvalue weighted by Gasteiger charge is 2.06. The van der Waals surface area contributed by atoms with Gasteiger partial charge in [0, 0.05) is 10.6 Å².